The highest BCUT2D eigenvalue weighted by atomic mass is 16.5. The fraction of sp³-hybridized carbons (Fsp3) is 0.0625. The molecule has 4 nitrogen and oxygen atoms in total. The lowest BCUT2D eigenvalue weighted by Crippen LogP contribution is -1.94. The summed E-state index contributed by atoms with van der Waals surface area (Å²) in [5, 5.41) is 18.8. The number of hydrogen-bond acceptors (Lipinski definition) is 4. The van der Waals surface area contributed by atoms with Gasteiger partial charge in [-0.25, -0.2) is 0 Å². The van der Waals surface area contributed by atoms with Gasteiger partial charge in [0.05, 0.1) is 12.7 Å². The van der Waals surface area contributed by atoms with Gasteiger partial charge in [0, 0.05) is 6.07 Å². The van der Waals surface area contributed by atoms with Crippen LogP contribution in [0.3, 0.4) is 0 Å². The smallest absolute Gasteiger partial charge is 0.189 e. The maximum absolute atomic E-state index is 11.9. The van der Waals surface area contributed by atoms with Gasteiger partial charge in [-0.15, -0.1) is 0 Å². The van der Waals surface area contributed by atoms with Gasteiger partial charge >= 0.3 is 0 Å². The van der Waals surface area contributed by atoms with Crippen LogP contribution in [0.1, 0.15) is 15.9 Å². The molecule has 0 heterocycles. The molecule has 0 bridgehead atoms. The van der Waals surface area contributed by atoms with Crippen LogP contribution < -0.4 is 4.74 Å². The third kappa shape index (κ3) is 3.17. The van der Waals surface area contributed by atoms with E-state index >= 15 is 0 Å². The van der Waals surface area contributed by atoms with E-state index in [9.17, 15) is 15.0 Å². The molecule has 0 radical (unpaired) electrons. The zero-order chi connectivity index (χ0) is 14.5. The topological polar surface area (TPSA) is 66.8 Å². The molecule has 0 amide bonds. The molecule has 0 spiro atoms. The van der Waals surface area contributed by atoms with Gasteiger partial charge in [0.2, 0.25) is 0 Å². The van der Waals surface area contributed by atoms with E-state index in [0.29, 0.717) is 0 Å². The highest BCUT2D eigenvalue weighted by Gasteiger charge is 2.08. The van der Waals surface area contributed by atoms with Crippen molar-refractivity contribution < 1.29 is 19.7 Å². The number of benzene rings is 2. The number of allylic oxidation sites excluding steroid dienone is 1. The van der Waals surface area contributed by atoms with E-state index in [1.54, 1.807) is 25.3 Å². The van der Waals surface area contributed by atoms with Gasteiger partial charge in [0.15, 0.2) is 5.78 Å². The van der Waals surface area contributed by atoms with Crippen molar-refractivity contribution in [2.45, 2.75) is 0 Å². The van der Waals surface area contributed by atoms with Crippen molar-refractivity contribution in [2.24, 2.45) is 0 Å². The van der Waals surface area contributed by atoms with Crippen LogP contribution in [0.5, 0.6) is 17.2 Å². The molecule has 0 aliphatic rings. The lowest BCUT2D eigenvalue weighted by Gasteiger charge is -2.01. The quantitative estimate of drug-likeness (QED) is 0.662. The Labute approximate surface area is 116 Å². The van der Waals surface area contributed by atoms with Crippen LogP contribution in [0.2, 0.25) is 0 Å². The van der Waals surface area contributed by atoms with Crippen LogP contribution in [-0.2, 0) is 0 Å². The molecule has 102 valence electrons. The number of hydrogen-bond donors (Lipinski definition) is 2. The van der Waals surface area contributed by atoms with Gasteiger partial charge in [-0.05, 0) is 35.9 Å². The molecule has 0 saturated heterocycles. The predicted octanol–water partition coefficient (Wildman–Crippen LogP) is 3.00. The summed E-state index contributed by atoms with van der Waals surface area (Å²) in [5.74, 6) is 0.0792. The Morgan fingerprint density at radius 2 is 1.80 bits per heavy atom. The molecule has 20 heavy (non-hydrogen) atoms. The molecule has 2 rings (SSSR count). The molecule has 0 saturated carbocycles. The first-order valence-corrected chi connectivity index (χ1v) is 5.98. The number of aromatic hydroxyl groups is 2. The maximum atomic E-state index is 11.9. The number of methoxy groups -OCH3 is 1. The fourth-order valence-corrected chi connectivity index (χ4v) is 1.71. The van der Waals surface area contributed by atoms with Crippen molar-refractivity contribution in [3.63, 3.8) is 0 Å². The third-order valence-electron chi connectivity index (χ3n) is 2.79. The number of ketones is 1. The minimum atomic E-state index is -0.335. The molecule has 0 aliphatic carbocycles. The molecule has 0 atom stereocenters. The maximum Gasteiger partial charge on any atom is 0.189 e. The standard InChI is InChI=1S/C16H14O4/c1-20-13-6-2-11(3-7-13)4-9-15(18)14-8-5-12(17)10-16(14)19/h2-10,17,19H,1H3/b9-4+. The van der Waals surface area contributed by atoms with Gasteiger partial charge in [0.1, 0.15) is 17.2 Å². The number of phenolic OH excluding ortho intramolecular Hbond substituents is 2. The number of phenols is 2. The van der Waals surface area contributed by atoms with Gasteiger partial charge in [0.25, 0.3) is 0 Å². The number of carbonyl (C=O) groups is 1. The van der Waals surface area contributed by atoms with Crippen LogP contribution in [0.15, 0.2) is 48.5 Å². The molecule has 2 aromatic rings. The molecule has 0 aliphatic heterocycles. The highest BCUT2D eigenvalue weighted by Crippen LogP contribution is 2.23. The van der Waals surface area contributed by atoms with Crippen molar-refractivity contribution in [2.75, 3.05) is 7.11 Å². The summed E-state index contributed by atoms with van der Waals surface area (Å²) in [6.07, 6.45) is 3.02. The third-order valence-corrected chi connectivity index (χ3v) is 2.79. The SMILES string of the molecule is COc1ccc(/C=C/C(=O)c2ccc(O)cc2O)cc1. The van der Waals surface area contributed by atoms with Crippen molar-refractivity contribution in [1.82, 2.24) is 0 Å². The first kappa shape index (κ1) is 13.7. The lowest BCUT2D eigenvalue weighted by molar-refractivity contribution is 0.104. The second-order valence-electron chi connectivity index (χ2n) is 4.17. The minimum absolute atomic E-state index is 0.0850. The van der Waals surface area contributed by atoms with Crippen molar-refractivity contribution >= 4 is 11.9 Å². The van der Waals surface area contributed by atoms with Crippen molar-refractivity contribution in [3.8, 4) is 17.2 Å². The van der Waals surface area contributed by atoms with Gasteiger partial charge in [-0.2, -0.15) is 0 Å². The van der Waals surface area contributed by atoms with Crippen LogP contribution in [0.25, 0.3) is 6.08 Å². The van der Waals surface area contributed by atoms with E-state index in [4.69, 9.17) is 4.74 Å². The summed E-state index contributed by atoms with van der Waals surface area (Å²) in [5.41, 5.74) is 0.991. The Morgan fingerprint density at radius 1 is 1.10 bits per heavy atom. The van der Waals surface area contributed by atoms with E-state index < -0.39 is 0 Å². The summed E-state index contributed by atoms with van der Waals surface area (Å²) >= 11 is 0. The number of carbonyl (C=O) groups excluding carboxylic acids is 1. The summed E-state index contributed by atoms with van der Waals surface area (Å²) in [7, 11) is 1.59. The van der Waals surface area contributed by atoms with E-state index in [-0.39, 0.29) is 22.8 Å². The molecular formula is C16H14O4. The monoisotopic (exact) mass is 270 g/mol. The molecule has 0 aromatic heterocycles. The van der Waals surface area contributed by atoms with Gasteiger partial charge in [-0.3, -0.25) is 4.79 Å². The summed E-state index contributed by atoms with van der Waals surface area (Å²) in [4.78, 5) is 11.9. The Hall–Kier alpha value is -2.75. The first-order valence-electron chi connectivity index (χ1n) is 5.98. The average Bonchev–Trinajstić information content (AvgIpc) is 2.45. The Bertz CT molecular complexity index is 642. The van der Waals surface area contributed by atoms with Gasteiger partial charge in [-0.1, -0.05) is 18.2 Å². The van der Waals surface area contributed by atoms with E-state index in [1.807, 2.05) is 12.1 Å². The predicted molar refractivity (Wildman–Crippen MR) is 76.1 cm³/mol. The molecule has 2 N–H and O–H groups in total. The zero-order valence-corrected chi connectivity index (χ0v) is 10.9. The number of rotatable bonds is 4. The average molecular weight is 270 g/mol. The highest BCUT2D eigenvalue weighted by molar-refractivity contribution is 6.08. The van der Waals surface area contributed by atoms with E-state index in [2.05, 4.69) is 0 Å². The first-order chi connectivity index (χ1) is 9.60. The van der Waals surface area contributed by atoms with Gasteiger partial charge < -0.3 is 14.9 Å². The second-order valence-corrected chi connectivity index (χ2v) is 4.17. The van der Waals surface area contributed by atoms with E-state index in [0.717, 1.165) is 17.4 Å². The largest absolute Gasteiger partial charge is 0.508 e. The summed E-state index contributed by atoms with van der Waals surface area (Å²) in [6.45, 7) is 0. The van der Waals surface area contributed by atoms with Crippen molar-refractivity contribution in [1.29, 1.82) is 0 Å². The molecule has 0 unspecified atom stereocenters. The zero-order valence-electron chi connectivity index (χ0n) is 10.9. The van der Waals surface area contributed by atoms with E-state index in [1.165, 1.54) is 18.2 Å². The fourth-order valence-electron chi connectivity index (χ4n) is 1.71. The van der Waals surface area contributed by atoms with Crippen LogP contribution in [0, 0.1) is 0 Å². The molecular weight excluding hydrogens is 256 g/mol. The minimum Gasteiger partial charge on any atom is -0.508 e. The second kappa shape index (κ2) is 5.93. The number of ether oxygens (including phenoxy) is 1. The Kier molecular flexibility index (Phi) is 4.05. The lowest BCUT2D eigenvalue weighted by atomic mass is 10.1. The summed E-state index contributed by atoms with van der Waals surface area (Å²) in [6, 6.07) is 11.1. The molecule has 2 aromatic carbocycles. The Morgan fingerprint density at radius 3 is 2.40 bits per heavy atom. The van der Waals surface area contributed by atoms with Crippen LogP contribution in [0.4, 0.5) is 0 Å². The Balaban J connectivity index is 2.15. The van der Waals surface area contributed by atoms with Crippen LogP contribution >= 0.6 is 0 Å². The normalized spacial score (nSPS) is 10.7. The summed E-state index contributed by atoms with van der Waals surface area (Å²) < 4.78 is 5.04. The van der Waals surface area contributed by atoms with Crippen molar-refractivity contribution in [3.05, 3.63) is 59.7 Å². The van der Waals surface area contributed by atoms with Crippen LogP contribution in [-0.4, -0.2) is 23.1 Å². The molecule has 0 fully saturated rings. The molecule has 4 heteroatoms.